The highest BCUT2D eigenvalue weighted by Crippen LogP contribution is 2.37. The quantitative estimate of drug-likeness (QED) is 0.841. The molecule has 0 atom stereocenters. The van der Waals surface area contributed by atoms with Gasteiger partial charge in [-0.25, -0.2) is 4.79 Å². The maximum Gasteiger partial charge on any atom is 0.410 e. The zero-order valence-corrected chi connectivity index (χ0v) is 14.9. The number of amides is 1. The third kappa shape index (κ3) is 3.98. The summed E-state index contributed by atoms with van der Waals surface area (Å²) in [5.74, 6) is 0. The van der Waals surface area contributed by atoms with E-state index in [1.807, 2.05) is 4.90 Å². The summed E-state index contributed by atoms with van der Waals surface area (Å²) in [4.78, 5) is 16.6. The second kappa shape index (κ2) is 7.34. The summed E-state index contributed by atoms with van der Waals surface area (Å²) in [6.07, 6.45) is 5.53. The second-order valence-corrected chi connectivity index (χ2v) is 7.67. The Morgan fingerprint density at radius 3 is 2.24 bits per heavy atom. The molecular weight excluding hydrogens is 316 g/mol. The molecule has 1 saturated carbocycles. The fraction of sp³-hybridized carbons (Fsp3) is 0.650. The monoisotopic (exact) mass is 344 g/mol. The number of nitrogens with zero attached hydrogens (tertiary/aromatic N) is 2. The van der Waals surface area contributed by atoms with Crippen LogP contribution in [0.3, 0.4) is 0 Å². The molecule has 1 spiro atoms. The molecule has 1 aromatic rings. The second-order valence-electron chi connectivity index (χ2n) is 7.67. The first-order valence-electron chi connectivity index (χ1n) is 9.58. The van der Waals surface area contributed by atoms with Gasteiger partial charge in [-0.1, -0.05) is 30.7 Å². The zero-order valence-electron chi connectivity index (χ0n) is 14.9. The van der Waals surface area contributed by atoms with Gasteiger partial charge in [-0.05, 0) is 36.8 Å². The van der Waals surface area contributed by atoms with Gasteiger partial charge in [0.15, 0.2) is 0 Å². The molecular formula is C20H28N2O3. The average Bonchev–Trinajstić information content (AvgIpc) is 2.93. The molecule has 2 aliphatic heterocycles. The summed E-state index contributed by atoms with van der Waals surface area (Å²) in [7, 11) is 0. The normalized spacial score (nSPS) is 23.8. The molecule has 5 heteroatoms. The Bertz CT molecular complexity index is 589. The van der Waals surface area contributed by atoms with E-state index in [2.05, 4.69) is 29.2 Å². The van der Waals surface area contributed by atoms with E-state index in [-0.39, 0.29) is 11.7 Å². The maximum atomic E-state index is 12.3. The predicted octanol–water partition coefficient (Wildman–Crippen LogP) is 3.17. The van der Waals surface area contributed by atoms with Crippen LogP contribution >= 0.6 is 0 Å². The minimum atomic E-state index is -0.203. The van der Waals surface area contributed by atoms with Crippen LogP contribution in [0.25, 0.3) is 0 Å². The minimum absolute atomic E-state index is 0.140. The number of rotatable bonds is 4. The van der Waals surface area contributed by atoms with Gasteiger partial charge in [0.05, 0.1) is 19.8 Å². The lowest BCUT2D eigenvalue weighted by Gasteiger charge is -2.30. The van der Waals surface area contributed by atoms with Crippen molar-refractivity contribution in [3.8, 4) is 0 Å². The largest absolute Gasteiger partial charge is 0.441 e. The van der Waals surface area contributed by atoms with Crippen LogP contribution in [-0.4, -0.2) is 54.3 Å². The number of carbonyl (C=O) groups is 1. The van der Waals surface area contributed by atoms with Crippen molar-refractivity contribution in [1.29, 1.82) is 0 Å². The molecule has 3 aliphatic rings. The van der Waals surface area contributed by atoms with Crippen molar-refractivity contribution in [2.24, 2.45) is 0 Å². The first-order chi connectivity index (χ1) is 12.2. The van der Waals surface area contributed by atoms with Crippen molar-refractivity contribution in [2.75, 3.05) is 32.8 Å². The minimum Gasteiger partial charge on any atom is -0.441 e. The molecule has 0 radical (unpaired) electrons. The lowest BCUT2D eigenvalue weighted by molar-refractivity contribution is 0.0260. The van der Waals surface area contributed by atoms with E-state index < -0.39 is 0 Å². The Morgan fingerprint density at radius 2 is 1.56 bits per heavy atom. The Hall–Kier alpha value is -1.59. The van der Waals surface area contributed by atoms with Crippen LogP contribution in [0.2, 0.25) is 0 Å². The van der Waals surface area contributed by atoms with E-state index >= 15 is 0 Å². The highest BCUT2D eigenvalue weighted by molar-refractivity contribution is 5.70. The van der Waals surface area contributed by atoms with Gasteiger partial charge >= 0.3 is 6.09 Å². The van der Waals surface area contributed by atoms with Crippen molar-refractivity contribution >= 4 is 6.09 Å². The number of hydrogen-bond acceptors (Lipinski definition) is 4. The van der Waals surface area contributed by atoms with Gasteiger partial charge in [-0.15, -0.1) is 0 Å². The molecule has 0 unspecified atom stereocenters. The predicted molar refractivity (Wildman–Crippen MR) is 95.2 cm³/mol. The van der Waals surface area contributed by atoms with Crippen LogP contribution in [-0.2, 0) is 22.6 Å². The van der Waals surface area contributed by atoms with Crippen LogP contribution in [0.1, 0.15) is 43.2 Å². The topological polar surface area (TPSA) is 42.0 Å². The third-order valence-corrected chi connectivity index (χ3v) is 5.71. The van der Waals surface area contributed by atoms with Gasteiger partial charge in [-0.2, -0.15) is 0 Å². The third-order valence-electron chi connectivity index (χ3n) is 5.71. The summed E-state index contributed by atoms with van der Waals surface area (Å²) in [5.41, 5.74) is 2.29. The molecule has 25 heavy (non-hydrogen) atoms. The standard InChI is InChI=1S/C20H28N2O3/c23-19-22(16-20(25-19)8-2-1-3-9-20)15-18-6-4-17(5-7-18)14-21-10-12-24-13-11-21/h4-7H,1-3,8-16H2. The van der Waals surface area contributed by atoms with Crippen LogP contribution < -0.4 is 0 Å². The van der Waals surface area contributed by atoms with Crippen LogP contribution in [0.5, 0.6) is 0 Å². The highest BCUT2D eigenvalue weighted by atomic mass is 16.6. The fourth-order valence-electron chi connectivity index (χ4n) is 4.26. The molecule has 0 N–H and O–H groups in total. The molecule has 1 aromatic carbocycles. The van der Waals surface area contributed by atoms with E-state index in [0.717, 1.165) is 52.2 Å². The van der Waals surface area contributed by atoms with E-state index in [0.29, 0.717) is 6.54 Å². The SMILES string of the molecule is O=C1OC2(CCCCC2)CN1Cc1ccc(CN2CCOCC2)cc1. The summed E-state index contributed by atoms with van der Waals surface area (Å²) in [6.45, 7) is 6.04. The summed E-state index contributed by atoms with van der Waals surface area (Å²) in [5, 5.41) is 0. The van der Waals surface area contributed by atoms with E-state index in [9.17, 15) is 4.79 Å². The molecule has 2 saturated heterocycles. The van der Waals surface area contributed by atoms with Gasteiger partial charge in [0.1, 0.15) is 5.60 Å². The summed E-state index contributed by atoms with van der Waals surface area (Å²) < 4.78 is 11.2. The van der Waals surface area contributed by atoms with Crippen LogP contribution in [0.4, 0.5) is 4.79 Å². The van der Waals surface area contributed by atoms with E-state index in [1.54, 1.807) is 0 Å². The van der Waals surface area contributed by atoms with E-state index in [4.69, 9.17) is 9.47 Å². The molecule has 2 heterocycles. The van der Waals surface area contributed by atoms with Crippen LogP contribution in [0.15, 0.2) is 24.3 Å². The molecule has 1 aliphatic carbocycles. The Balaban J connectivity index is 1.34. The average molecular weight is 344 g/mol. The van der Waals surface area contributed by atoms with Crippen molar-refractivity contribution in [1.82, 2.24) is 9.80 Å². The number of carbonyl (C=O) groups excluding carboxylic acids is 1. The van der Waals surface area contributed by atoms with Crippen molar-refractivity contribution in [3.63, 3.8) is 0 Å². The van der Waals surface area contributed by atoms with Gasteiger partial charge in [0.25, 0.3) is 0 Å². The van der Waals surface area contributed by atoms with Crippen molar-refractivity contribution in [2.45, 2.75) is 50.8 Å². The number of ether oxygens (including phenoxy) is 2. The highest BCUT2D eigenvalue weighted by Gasteiger charge is 2.45. The Morgan fingerprint density at radius 1 is 0.920 bits per heavy atom. The van der Waals surface area contributed by atoms with E-state index in [1.165, 1.54) is 30.4 Å². The zero-order chi connectivity index (χ0) is 17.1. The Kier molecular flexibility index (Phi) is 4.95. The summed E-state index contributed by atoms with van der Waals surface area (Å²) in [6, 6.07) is 8.66. The van der Waals surface area contributed by atoms with Crippen molar-refractivity contribution < 1.29 is 14.3 Å². The van der Waals surface area contributed by atoms with Gasteiger partial charge in [0, 0.05) is 26.2 Å². The molecule has 3 fully saturated rings. The first-order valence-corrected chi connectivity index (χ1v) is 9.58. The smallest absolute Gasteiger partial charge is 0.410 e. The maximum absolute atomic E-state index is 12.3. The molecule has 5 nitrogen and oxygen atoms in total. The summed E-state index contributed by atoms with van der Waals surface area (Å²) >= 11 is 0. The lowest BCUT2D eigenvalue weighted by atomic mass is 9.85. The fourth-order valence-corrected chi connectivity index (χ4v) is 4.26. The first kappa shape index (κ1) is 16.9. The van der Waals surface area contributed by atoms with Gasteiger partial charge < -0.3 is 9.47 Å². The molecule has 1 amide bonds. The van der Waals surface area contributed by atoms with Gasteiger partial charge in [0.2, 0.25) is 0 Å². The number of benzene rings is 1. The number of morpholine rings is 1. The molecule has 0 aromatic heterocycles. The van der Waals surface area contributed by atoms with Crippen LogP contribution in [0, 0.1) is 0 Å². The van der Waals surface area contributed by atoms with Crippen molar-refractivity contribution in [3.05, 3.63) is 35.4 Å². The lowest BCUT2D eigenvalue weighted by Crippen LogP contribution is -2.36. The number of hydrogen-bond donors (Lipinski definition) is 0. The van der Waals surface area contributed by atoms with Gasteiger partial charge in [-0.3, -0.25) is 9.80 Å². The Labute approximate surface area is 149 Å². The molecule has 136 valence electrons. The molecule has 4 rings (SSSR count). The molecule has 0 bridgehead atoms.